The number of hydrogen-bond acceptors (Lipinski definition) is 2. The molecule has 1 heterocycles. The van der Waals surface area contributed by atoms with Crippen molar-refractivity contribution in [2.75, 3.05) is 5.73 Å². The van der Waals surface area contributed by atoms with E-state index in [1.807, 2.05) is 31.2 Å². The Kier molecular flexibility index (Phi) is 2.92. The van der Waals surface area contributed by atoms with Gasteiger partial charge in [0.25, 0.3) is 0 Å². The maximum absolute atomic E-state index is 12.2. The quantitative estimate of drug-likeness (QED) is 0.766. The Labute approximate surface area is 102 Å². The largest absolute Gasteiger partial charge is 0.399 e. The van der Waals surface area contributed by atoms with Gasteiger partial charge in [0.1, 0.15) is 0 Å². The number of nitrogens with one attached hydrogen (secondary N) is 1. The highest BCUT2D eigenvalue weighted by Gasteiger charge is 2.41. The van der Waals surface area contributed by atoms with E-state index in [2.05, 4.69) is 11.9 Å². The number of nitrogens with two attached hydrogens (primary N) is 1. The van der Waals surface area contributed by atoms with Crippen molar-refractivity contribution < 1.29 is 4.79 Å². The maximum atomic E-state index is 12.2. The fourth-order valence-electron chi connectivity index (χ4n) is 2.44. The molecule has 0 aromatic heterocycles. The summed E-state index contributed by atoms with van der Waals surface area (Å²) in [6.07, 6.45) is 2.44. The Balaban J connectivity index is 2.40. The van der Waals surface area contributed by atoms with Crippen molar-refractivity contribution in [3.8, 4) is 0 Å². The molecule has 1 aromatic rings. The molecular formula is C14H18N2O. The average molecular weight is 230 g/mol. The molecule has 0 radical (unpaired) electrons. The van der Waals surface area contributed by atoms with Gasteiger partial charge in [0.05, 0.1) is 5.41 Å². The molecule has 17 heavy (non-hydrogen) atoms. The fourth-order valence-corrected chi connectivity index (χ4v) is 2.44. The number of carbonyl (C=O) groups excluding carboxylic acids is 1. The summed E-state index contributed by atoms with van der Waals surface area (Å²) in [4.78, 5) is 12.2. The number of nitrogen functional groups attached to an aromatic ring is 1. The molecule has 1 saturated heterocycles. The molecule has 0 aliphatic carbocycles. The van der Waals surface area contributed by atoms with Crippen LogP contribution in [0.15, 0.2) is 36.5 Å². The van der Waals surface area contributed by atoms with Crippen LogP contribution < -0.4 is 11.1 Å². The van der Waals surface area contributed by atoms with Crippen LogP contribution >= 0.6 is 0 Å². The summed E-state index contributed by atoms with van der Waals surface area (Å²) < 4.78 is 0. The van der Waals surface area contributed by atoms with Crippen LogP contribution in [0.1, 0.15) is 31.7 Å². The number of benzene rings is 1. The standard InChI is InChI=1S/C14H18N2O/c1-3-14(9-8-10(2)16-13(14)17)11-4-6-12(15)7-5-11/h4-7H,2-3,8-9,15H2,1H3,(H,16,17). The number of anilines is 1. The Hall–Kier alpha value is -1.77. The smallest absolute Gasteiger partial charge is 0.234 e. The van der Waals surface area contributed by atoms with E-state index < -0.39 is 5.41 Å². The van der Waals surface area contributed by atoms with Crippen LogP contribution in [-0.4, -0.2) is 5.91 Å². The molecule has 1 unspecified atom stereocenters. The van der Waals surface area contributed by atoms with Crippen molar-refractivity contribution >= 4 is 11.6 Å². The molecular weight excluding hydrogens is 212 g/mol. The first kappa shape index (κ1) is 11.7. The zero-order chi connectivity index (χ0) is 12.5. The van der Waals surface area contributed by atoms with E-state index in [0.29, 0.717) is 0 Å². The average Bonchev–Trinajstić information content (AvgIpc) is 2.31. The summed E-state index contributed by atoms with van der Waals surface area (Å²) in [5.74, 6) is 0.0565. The second-order valence-corrected chi connectivity index (χ2v) is 4.62. The van der Waals surface area contributed by atoms with E-state index in [1.54, 1.807) is 0 Å². The number of piperidine rings is 1. The summed E-state index contributed by atoms with van der Waals surface area (Å²) in [6.45, 7) is 5.87. The molecule has 0 bridgehead atoms. The number of allylic oxidation sites excluding steroid dienone is 1. The van der Waals surface area contributed by atoms with Crippen molar-refractivity contribution in [2.45, 2.75) is 31.6 Å². The predicted molar refractivity (Wildman–Crippen MR) is 69.3 cm³/mol. The van der Waals surface area contributed by atoms with Crippen LogP contribution in [0.5, 0.6) is 0 Å². The summed E-state index contributed by atoms with van der Waals surface area (Å²) in [5.41, 5.74) is 7.84. The predicted octanol–water partition coefficient (Wildman–Crippen LogP) is 2.34. The lowest BCUT2D eigenvalue weighted by Crippen LogP contribution is -2.47. The molecule has 1 aromatic carbocycles. The van der Waals surface area contributed by atoms with E-state index in [0.717, 1.165) is 36.2 Å². The second-order valence-electron chi connectivity index (χ2n) is 4.62. The Morgan fingerprint density at radius 2 is 2.06 bits per heavy atom. The lowest BCUT2D eigenvalue weighted by Gasteiger charge is -2.36. The second kappa shape index (κ2) is 4.24. The van der Waals surface area contributed by atoms with Crippen molar-refractivity contribution in [3.63, 3.8) is 0 Å². The molecule has 1 amide bonds. The van der Waals surface area contributed by atoms with Gasteiger partial charge in [-0.15, -0.1) is 0 Å². The number of rotatable bonds is 2. The van der Waals surface area contributed by atoms with Crippen molar-refractivity contribution in [1.82, 2.24) is 5.32 Å². The molecule has 0 saturated carbocycles. The van der Waals surface area contributed by atoms with E-state index >= 15 is 0 Å². The van der Waals surface area contributed by atoms with Gasteiger partial charge in [0, 0.05) is 11.4 Å². The summed E-state index contributed by atoms with van der Waals surface area (Å²) in [6, 6.07) is 7.60. The Morgan fingerprint density at radius 1 is 1.41 bits per heavy atom. The number of amides is 1. The third-order valence-electron chi connectivity index (χ3n) is 3.65. The van der Waals surface area contributed by atoms with Gasteiger partial charge < -0.3 is 11.1 Å². The minimum absolute atomic E-state index is 0.0565. The van der Waals surface area contributed by atoms with Crippen LogP contribution in [-0.2, 0) is 10.2 Å². The highest BCUT2D eigenvalue weighted by molar-refractivity contribution is 5.90. The molecule has 0 spiro atoms. The normalized spacial score (nSPS) is 24.5. The lowest BCUT2D eigenvalue weighted by atomic mass is 9.71. The maximum Gasteiger partial charge on any atom is 0.234 e. The molecule has 1 fully saturated rings. The van der Waals surface area contributed by atoms with Gasteiger partial charge in [0.15, 0.2) is 0 Å². The first-order valence-electron chi connectivity index (χ1n) is 5.94. The van der Waals surface area contributed by atoms with Crippen LogP contribution in [0.3, 0.4) is 0 Å². The SMILES string of the molecule is C=C1CCC(CC)(c2ccc(N)cc2)C(=O)N1. The Bertz CT molecular complexity index is 450. The van der Waals surface area contributed by atoms with Crippen molar-refractivity contribution in [1.29, 1.82) is 0 Å². The van der Waals surface area contributed by atoms with Crippen molar-refractivity contribution in [2.24, 2.45) is 0 Å². The van der Waals surface area contributed by atoms with Gasteiger partial charge >= 0.3 is 0 Å². The number of carbonyl (C=O) groups is 1. The molecule has 1 atom stereocenters. The van der Waals surface area contributed by atoms with Gasteiger partial charge in [-0.1, -0.05) is 25.6 Å². The zero-order valence-corrected chi connectivity index (χ0v) is 10.1. The molecule has 3 N–H and O–H groups in total. The third-order valence-corrected chi connectivity index (χ3v) is 3.65. The molecule has 2 rings (SSSR count). The topological polar surface area (TPSA) is 55.1 Å². The Morgan fingerprint density at radius 3 is 2.59 bits per heavy atom. The van der Waals surface area contributed by atoms with Crippen LogP contribution in [0.2, 0.25) is 0 Å². The zero-order valence-electron chi connectivity index (χ0n) is 10.1. The van der Waals surface area contributed by atoms with Gasteiger partial charge in [0.2, 0.25) is 5.91 Å². The third kappa shape index (κ3) is 1.93. The highest BCUT2D eigenvalue weighted by atomic mass is 16.2. The lowest BCUT2D eigenvalue weighted by molar-refractivity contribution is -0.127. The number of hydrogen-bond donors (Lipinski definition) is 2. The van der Waals surface area contributed by atoms with E-state index in [9.17, 15) is 4.79 Å². The molecule has 1 aliphatic heterocycles. The van der Waals surface area contributed by atoms with Gasteiger partial charge in [-0.05, 0) is 37.0 Å². The monoisotopic (exact) mass is 230 g/mol. The first-order chi connectivity index (χ1) is 8.08. The van der Waals surface area contributed by atoms with Crippen LogP contribution in [0, 0.1) is 0 Å². The fraction of sp³-hybridized carbons (Fsp3) is 0.357. The molecule has 3 nitrogen and oxygen atoms in total. The van der Waals surface area contributed by atoms with Gasteiger partial charge in [-0.2, -0.15) is 0 Å². The van der Waals surface area contributed by atoms with Crippen LogP contribution in [0.4, 0.5) is 5.69 Å². The summed E-state index contributed by atoms with van der Waals surface area (Å²) in [7, 11) is 0. The first-order valence-corrected chi connectivity index (χ1v) is 5.94. The molecule has 90 valence electrons. The highest BCUT2D eigenvalue weighted by Crippen LogP contribution is 2.37. The minimum atomic E-state index is -0.422. The van der Waals surface area contributed by atoms with E-state index in [1.165, 1.54) is 0 Å². The summed E-state index contributed by atoms with van der Waals surface area (Å²) >= 11 is 0. The summed E-state index contributed by atoms with van der Waals surface area (Å²) in [5, 5.41) is 2.87. The van der Waals surface area contributed by atoms with E-state index in [4.69, 9.17) is 5.73 Å². The van der Waals surface area contributed by atoms with E-state index in [-0.39, 0.29) is 5.91 Å². The molecule has 3 heteroatoms. The molecule has 1 aliphatic rings. The minimum Gasteiger partial charge on any atom is -0.399 e. The van der Waals surface area contributed by atoms with Crippen LogP contribution in [0.25, 0.3) is 0 Å². The van der Waals surface area contributed by atoms with Crippen molar-refractivity contribution in [3.05, 3.63) is 42.1 Å². The van der Waals surface area contributed by atoms with Gasteiger partial charge in [-0.25, -0.2) is 0 Å². The van der Waals surface area contributed by atoms with Gasteiger partial charge in [-0.3, -0.25) is 4.79 Å².